The van der Waals surface area contributed by atoms with Gasteiger partial charge in [-0.05, 0) is 36.2 Å². The van der Waals surface area contributed by atoms with Crippen LogP contribution in [-0.4, -0.2) is 26.6 Å². The van der Waals surface area contributed by atoms with E-state index >= 15 is 0 Å². The fourth-order valence-electron chi connectivity index (χ4n) is 3.97. The number of hydrogen-bond acceptors (Lipinski definition) is 4. The van der Waals surface area contributed by atoms with Crippen LogP contribution >= 0.6 is 0 Å². The SMILES string of the molecule is COc1cc2c(cc1OC)N([C@H](C)c1cccc3ccccc13)C(C)N=C2. The van der Waals surface area contributed by atoms with Gasteiger partial charge in [0.1, 0.15) is 6.17 Å². The van der Waals surface area contributed by atoms with Gasteiger partial charge in [-0.25, -0.2) is 0 Å². The summed E-state index contributed by atoms with van der Waals surface area (Å²) in [6.45, 7) is 4.36. The van der Waals surface area contributed by atoms with Crippen molar-refractivity contribution in [1.82, 2.24) is 0 Å². The van der Waals surface area contributed by atoms with E-state index in [-0.39, 0.29) is 12.2 Å². The van der Waals surface area contributed by atoms with Gasteiger partial charge in [-0.3, -0.25) is 4.99 Å². The van der Waals surface area contributed by atoms with Gasteiger partial charge in [0, 0.05) is 17.8 Å². The molecule has 0 aromatic heterocycles. The summed E-state index contributed by atoms with van der Waals surface area (Å²) in [4.78, 5) is 7.06. The Kier molecular flexibility index (Phi) is 4.48. The molecule has 4 heteroatoms. The van der Waals surface area contributed by atoms with E-state index in [0.717, 1.165) is 22.7 Å². The molecule has 1 heterocycles. The van der Waals surface area contributed by atoms with Gasteiger partial charge in [0.15, 0.2) is 11.5 Å². The molecular formula is C23H24N2O2. The van der Waals surface area contributed by atoms with Gasteiger partial charge in [0.25, 0.3) is 0 Å². The Morgan fingerprint density at radius 1 is 0.963 bits per heavy atom. The lowest BCUT2D eigenvalue weighted by Gasteiger charge is -2.38. The summed E-state index contributed by atoms with van der Waals surface area (Å²) in [6.07, 6.45) is 1.96. The number of aliphatic imine (C=N–C) groups is 1. The Morgan fingerprint density at radius 3 is 2.44 bits per heavy atom. The lowest BCUT2D eigenvalue weighted by Crippen LogP contribution is -2.37. The second-order valence-electron chi connectivity index (χ2n) is 6.83. The number of anilines is 1. The molecule has 1 aliphatic rings. The normalized spacial score (nSPS) is 16.9. The Bertz CT molecular complexity index is 1010. The molecule has 4 nitrogen and oxygen atoms in total. The minimum absolute atomic E-state index is 0.0320. The van der Waals surface area contributed by atoms with Crippen molar-refractivity contribution in [2.24, 2.45) is 4.99 Å². The highest BCUT2D eigenvalue weighted by Gasteiger charge is 2.28. The third-order valence-electron chi connectivity index (χ3n) is 5.33. The highest BCUT2D eigenvalue weighted by molar-refractivity contribution is 5.93. The fourth-order valence-corrected chi connectivity index (χ4v) is 3.97. The monoisotopic (exact) mass is 360 g/mol. The Hall–Kier alpha value is -3.01. The van der Waals surface area contributed by atoms with Crippen LogP contribution in [0.25, 0.3) is 10.8 Å². The largest absolute Gasteiger partial charge is 0.493 e. The van der Waals surface area contributed by atoms with Crippen LogP contribution in [0.1, 0.15) is 31.0 Å². The van der Waals surface area contributed by atoms with Crippen molar-refractivity contribution in [3.05, 3.63) is 65.7 Å². The first-order chi connectivity index (χ1) is 13.1. The molecule has 27 heavy (non-hydrogen) atoms. The van der Waals surface area contributed by atoms with Crippen molar-refractivity contribution in [3.8, 4) is 11.5 Å². The van der Waals surface area contributed by atoms with Crippen molar-refractivity contribution in [3.63, 3.8) is 0 Å². The second kappa shape index (κ2) is 6.95. The Balaban J connectivity index is 1.85. The predicted molar refractivity (Wildman–Crippen MR) is 111 cm³/mol. The van der Waals surface area contributed by atoms with E-state index in [9.17, 15) is 0 Å². The van der Waals surface area contributed by atoms with Crippen LogP contribution in [0.2, 0.25) is 0 Å². The molecule has 0 spiro atoms. The van der Waals surface area contributed by atoms with E-state index in [1.807, 2.05) is 12.3 Å². The van der Waals surface area contributed by atoms with E-state index in [2.05, 4.69) is 67.3 Å². The predicted octanol–water partition coefficient (Wildman–Crippen LogP) is 5.20. The molecule has 3 aromatic carbocycles. The van der Waals surface area contributed by atoms with Crippen LogP contribution in [0, 0.1) is 0 Å². The minimum atomic E-state index is 0.0320. The van der Waals surface area contributed by atoms with Crippen LogP contribution in [0.5, 0.6) is 11.5 Å². The van der Waals surface area contributed by atoms with Crippen LogP contribution < -0.4 is 14.4 Å². The van der Waals surface area contributed by atoms with Crippen molar-refractivity contribution >= 4 is 22.7 Å². The molecule has 0 radical (unpaired) electrons. The highest BCUT2D eigenvalue weighted by Crippen LogP contribution is 2.41. The summed E-state index contributed by atoms with van der Waals surface area (Å²) in [7, 11) is 3.33. The number of methoxy groups -OCH3 is 2. The van der Waals surface area contributed by atoms with Gasteiger partial charge in [-0.1, -0.05) is 42.5 Å². The molecule has 0 saturated carbocycles. The summed E-state index contributed by atoms with van der Waals surface area (Å²) in [5.74, 6) is 1.45. The van der Waals surface area contributed by atoms with E-state index in [0.29, 0.717) is 0 Å². The summed E-state index contributed by atoms with van der Waals surface area (Å²) in [6, 6.07) is 19.2. The van der Waals surface area contributed by atoms with Crippen molar-refractivity contribution in [2.45, 2.75) is 26.1 Å². The molecule has 0 N–H and O–H groups in total. The summed E-state index contributed by atoms with van der Waals surface area (Å²) in [5.41, 5.74) is 3.44. The zero-order valence-electron chi connectivity index (χ0n) is 16.1. The van der Waals surface area contributed by atoms with Crippen molar-refractivity contribution in [2.75, 3.05) is 19.1 Å². The summed E-state index contributed by atoms with van der Waals surface area (Å²) in [5, 5.41) is 2.53. The second-order valence-corrected chi connectivity index (χ2v) is 6.83. The molecule has 4 rings (SSSR count). The number of rotatable bonds is 4. The maximum Gasteiger partial charge on any atom is 0.162 e. The number of nitrogens with zero attached hydrogens (tertiary/aromatic N) is 2. The molecule has 2 atom stereocenters. The number of ether oxygens (including phenoxy) is 2. The fraction of sp³-hybridized carbons (Fsp3) is 0.261. The number of fused-ring (bicyclic) bond motifs is 2. The molecule has 138 valence electrons. The van der Waals surface area contributed by atoms with Crippen molar-refractivity contribution in [1.29, 1.82) is 0 Å². The molecule has 0 fully saturated rings. The van der Waals surface area contributed by atoms with Crippen LogP contribution in [0.15, 0.2) is 59.6 Å². The molecule has 0 amide bonds. The van der Waals surface area contributed by atoms with E-state index < -0.39 is 0 Å². The molecule has 1 aliphatic heterocycles. The average molecular weight is 360 g/mol. The average Bonchev–Trinajstić information content (AvgIpc) is 2.71. The first-order valence-corrected chi connectivity index (χ1v) is 9.19. The minimum Gasteiger partial charge on any atom is -0.493 e. The zero-order valence-corrected chi connectivity index (χ0v) is 16.1. The lowest BCUT2D eigenvalue weighted by molar-refractivity contribution is 0.354. The van der Waals surface area contributed by atoms with E-state index in [4.69, 9.17) is 14.5 Å². The van der Waals surface area contributed by atoms with E-state index in [1.54, 1.807) is 14.2 Å². The van der Waals surface area contributed by atoms with Crippen LogP contribution in [0.4, 0.5) is 5.69 Å². The van der Waals surface area contributed by atoms with E-state index in [1.165, 1.54) is 16.3 Å². The quantitative estimate of drug-likeness (QED) is 0.641. The first-order valence-electron chi connectivity index (χ1n) is 9.19. The molecule has 0 saturated heterocycles. The maximum atomic E-state index is 5.55. The van der Waals surface area contributed by atoms with Gasteiger partial charge in [0.2, 0.25) is 0 Å². The van der Waals surface area contributed by atoms with Crippen molar-refractivity contribution < 1.29 is 9.47 Å². The number of benzene rings is 3. The zero-order chi connectivity index (χ0) is 19.0. The van der Waals surface area contributed by atoms with Gasteiger partial charge in [-0.15, -0.1) is 0 Å². The molecule has 0 bridgehead atoms. The molecule has 0 aliphatic carbocycles. The summed E-state index contributed by atoms with van der Waals surface area (Å²) >= 11 is 0. The van der Waals surface area contributed by atoms with Gasteiger partial charge >= 0.3 is 0 Å². The Labute approximate surface area is 160 Å². The van der Waals surface area contributed by atoms with Gasteiger partial charge in [-0.2, -0.15) is 0 Å². The maximum absolute atomic E-state index is 5.55. The molecular weight excluding hydrogens is 336 g/mol. The Morgan fingerprint density at radius 2 is 1.67 bits per heavy atom. The van der Waals surface area contributed by atoms with Gasteiger partial charge < -0.3 is 14.4 Å². The topological polar surface area (TPSA) is 34.1 Å². The van der Waals surface area contributed by atoms with Crippen LogP contribution in [0.3, 0.4) is 0 Å². The summed E-state index contributed by atoms with van der Waals surface area (Å²) < 4.78 is 11.0. The first kappa shape index (κ1) is 17.4. The molecule has 1 unspecified atom stereocenters. The highest BCUT2D eigenvalue weighted by atomic mass is 16.5. The third-order valence-corrected chi connectivity index (χ3v) is 5.33. The standard InChI is InChI=1S/C23H24N2O2/c1-15(19-11-7-9-17-8-5-6-10-20(17)19)25-16(2)24-14-18-12-22(26-3)23(27-4)13-21(18)25/h5-16H,1-4H3/t15-,16?/m1/s1. The third kappa shape index (κ3) is 2.91. The van der Waals surface area contributed by atoms with Gasteiger partial charge in [0.05, 0.1) is 25.9 Å². The van der Waals surface area contributed by atoms with Crippen LogP contribution in [-0.2, 0) is 0 Å². The lowest BCUT2D eigenvalue weighted by atomic mass is 9.96. The number of hydrogen-bond donors (Lipinski definition) is 0. The molecule has 3 aromatic rings. The smallest absolute Gasteiger partial charge is 0.162 e.